The number of hydrogen-bond donors (Lipinski definition) is 2. The molecule has 0 aromatic heterocycles. The van der Waals surface area contributed by atoms with Crippen LogP contribution in [0.5, 0.6) is 5.75 Å². The summed E-state index contributed by atoms with van der Waals surface area (Å²) in [5.41, 5.74) is -6.61. The van der Waals surface area contributed by atoms with Crippen LogP contribution < -0.4 is 10.1 Å². The van der Waals surface area contributed by atoms with E-state index < -0.39 is 75.6 Å². The van der Waals surface area contributed by atoms with E-state index in [2.05, 4.69) is 5.32 Å². The highest BCUT2D eigenvalue weighted by Gasteiger charge is 2.41. The fourth-order valence-electron chi connectivity index (χ4n) is 4.74. The second-order valence-corrected chi connectivity index (χ2v) is 11.0. The van der Waals surface area contributed by atoms with Gasteiger partial charge in [0.05, 0.1) is 23.3 Å². The summed E-state index contributed by atoms with van der Waals surface area (Å²) < 4.78 is 118. The first kappa shape index (κ1) is 33.4. The number of alkyl halides is 6. The molecule has 4 rings (SSSR count). The number of aliphatic hydroxyl groups excluding tert-OH is 1. The van der Waals surface area contributed by atoms with Gasteiger partial charge in [0.2, 0.25) is 0 Å². The van der Waals surface area contributed by atoms with Crippen LogP contribution in [0.1, 0.15) is 52.0 Å². The standard InChI is InChI=1S/C33H27F8NO3/c1-30(2,19-43)45-28-17-22(11-12-27(28)35)31(18-20-7-4-3-5-8-20,24-14-25(33(39,40)41)16-26(34)15-24)42-29(44)21-9-6-10-23(13-21)32(36,37)38/h3-17,43H,18-19H2,1-2H3,(H,42,44). The van der Waals surface area contributed by atoms with Gasteiger partial charge in [-0.3, -0.25) is 4.79 Å². The highest BCUT2D eigenvalue weighted by atomic mass is 19.4. The van der Waals surface area contributed by atoms with Crippen molar-refractivity contribution in [3.05, 3.63) is 136 Å². The van der Waals surface area contributed by atoms with Gasteiger partial charge in [0, 0.05) is 12.0 Å². The van der Waals surface area contributed by atoms with Gasteiger partial charge < -0.3 is 15.2 Å². The molecule has 0 aliphatic carbocycles. The molecule has 0 heterocycles. The van der Waals surface area contributed by atoms with Gasteiger partial charge in [-0.1, -0.05) is 42.5 Å². The Kier molecular flexibility index (Phi) is 9.30. The first-order chi connectivity index (χ1) is 20.9. The molecular weight excluding hydrogens is 610 g/mol. The average Bonchev–Trinajstić information content (AvgIpc) is 2.97. The molecule has 0 aliphatic rings. The number of rotatable bonds is 9. The number of benzene rings is 4. The van der Waals surface area contributed by atoms with Crippen molar-refractivity contribution in [2.24, 2.45) is 0 Å². The highest BCUT2D eigenvalue weighted by Crippen LogP contribution is 2.40. The third kappa shape index (κ3) is 7.80. The molecule has 0 aliphatic heterocycles. The molecule has 45 heavy (non-hydrogen) atoms. The Balaban J connectivity index is 2.03. The van der Waals surface area contributed by atoms with Crippen LogP contribution in [0.25, 0.3) is 0 Å². The van der Waals surface area contributed by atoms with Crippen molar-refractivity contribution >= 4 is 5.91 Å². The zero-order chi connectivity index (χ0) is 33.2. The van der Waals surface area contributed by atoms with Gasteiger partial charge in [-0.2, -0.15) is 26.3 Å². The molecule has 238 valence electrons. The molecule has 0 fully saturated rings. The van der Waals surface area contributed by atoms with Crippen LogP contribution in [0.3, 0.4) is 0 Å². The summed E-state index contributed by atoms with van der Waals surface area (Å²) in [5, 5.41) is 12.2. The third-order valence-electron chi connectivity index (χ3n) is 7.00. The van der Waals surface area contributed by atoms with Gasteiger partial charge >= 0.3 is 12.4 Å². The number of carbonyl (C=O) groups excluding carboxylic acids is 1. The van der Waals surface area contributed by atoms with E-state index >= 15 is 4.39 Å². The largest absolute Gasteiger partial charge is 0.482 e. The number of carbonyl (C=O) groups is 1. The van der Waals surface area contributed by atoms with E-state index in [0.717, 1.165) is 42.5 Å². The van der Waals surface area contributed by atoms with Crippen LogP contribution in [0.2, 0.25) is 0 Å². The van der Waals surface area contributed by atoms with Crippen molar-refractivity contribution in [3.8, 4) is 5.75 Å². The Labute approximate surface area is 253 Å². The van der Waals surface area contributed by atoms with Gasteiger partial charge in [-0.25, -0.2) is 8.78 Å². The SMILES string of the molecule is CC(C)(CO)Oc1cc(C(Cc2ccccc2)(NC(=O)c2cccc(C(F)(F)F)c2)c2cc(F)cc(C(F)(F)F)c2)ccc1F. The average molecular weight is 638 g/mol. The number of amides is 1. The second-order valence-electron chi connectivity index (χ2n) is 11.0. The van der Waals surface area contributed by atoms with Crippen LogP contribution in [0.15, 0.2) is 91.0 Å². The Bertz CT molecular complexity index is 1670. The van der Waals surface area contributed by atoms with E-state index in [1.807, 2.05) is 0 Å². The van der Waals surface area contributed by atoms with Crippen LogP contribution >= 0.6 is 0 Å². The summed E-state index contributed by atoms with van der Waals surface area (Å²) in [5.74, 6) is -3.83. The monoisotopic (exact) mass is 637 g/mol. The van der Waals surface area contributed by atoms with E-state index in [9.17, 15) is 40.6 Å². The number of nitrogens with one attached hydrogen (secondary N) is 1. The molecule has 0 bridgehead atoms. The Morgan fingerprint density at radius 1 is 0.733 bits per heavy atom. The van der Waals surface area contributed by atoms with Crippen molar-refractivity contribution in [1.82, 2.24) is 5.32 Å². The van der Waals surface area contributed by atoms with E-state index in [1.165, 1.54) is 13.8 Å². The van der Waals surface area contributed by atoms with Crippen molar-refractivity contribution in [1.29, 1.82) is 0 Å². The maximum absolute atomic E-state index is 15.0. The molecule has 4 aromatic carbocycles. The molecule has 4 aromatic rings. The maximum atomic E-state index is 15.0. The summed E-state index contributed by atoms with van der Waals surface area (Å²) in [6, 6.07) is 16.1. The van der Waals surface area contributed by atoms with Crippen molar-refractivity contribution in [2.45, 2.75) is 43.8 Å². The molecule has 1 unspecified atom stereocenters. The molecule has 0 saturated carbocycles. The number of aliphatic hydroxyl groups is 1. The molecule has 4 nitrogen and oxygen atoms in total. The molecule has 12 heteroatoms. The van der Waals surface area contributed by atoms with E-state index in [0.29, 0.717) is 17.7 Å². The molecule has 0 radical (unpaired) electrons. The molecule has 2 N–H and O–H groups in total. The first-order valence-corrected chi connectivity index (χ1v) is 13.5. The minimum atomic E-state index is -5.03. The van der Waals surface area contributed by atoms with E-state index in [-0.39, 0.29) is 18.1 Å². The van der Waals surface area contributed by atoms with Gasteiger partial charge in [-0.05, 0) is 79.1 Å². The van der Waals surface area contributed by atoms with Crippen LogP contribution in [-0.2, 0) is 24.3 Å². The lowest BCUT2D eigenvalue weighted by Gasteiger charge is -2.37. The summed E-state index contributed by atoms with van der Waals surface area (Å²) in [7, 11) is 0. The molecule has 1 atom stereocenters. The minimum absolute atomic E-state index is 0.0875. The first-order valence-electron chi connectivity index (χ1n) is 13.5. The summed E-state index contributed by atoms with van der Waals surface area (Å²) >= 11 is 0. The maximum Gasteiger partial charge on any atom is 0.416 e. The summed E-state index contributed by atoms with van der Waals surface area (Å²) in [4.78, 5) is 13.7. The fourth-order valence-corrected chi connectivity index (χ4v) is 4.74. The van der Waals surface area contributed by atoms with Gasteiger partial charge in [0.1, 0.15) is 11.4 Å². The zero-order valence-electron chi connectivity index (χ0n) is 23.9. The summed E-state index contributed by atoms with van der Waals surface area (Å²) in [6.07, 6.45) is -10.2. The molecule has 1 amide bonds. The van der Waals surface area contributed by atoms with Crippen molar-refractivity contribution in [2.75, 3.05) is 6.61 Å². The van der Waals surface area contributed by atoms with E-state index in [4.69, 9.17) is 4.74 Å². The number of halogens is 8. The Hall–Kier alpha value is -4.45. The van der Waals surface area contributed by atoms with Gasteiger partial charge in [-0.15, -0.1) is 0 Å². The lowest BCUT2D eigenvalue weighted by Crippen LogP contribution is -2.49. The molecule has 0 saturated heterocycles. The van der Waals surface area contributed by atoms with Crippen molar-refractivity contribution < 1.29 is 49.8 Å². The van der Waals surface area contributed by atoms with Gasteiger partial charge in [0.25, 0.3) is 5.91 Å². The third-order valence-corrected chi connectivity index (χ3v) is 7.00. The fraction of sp³-hybridized carbons (Fsp3) is 0.242. The quantitative estimate of drug-likeness (QED) is 0.183. The Morgan fingerprint density at radius 2 is 1.38 bits per heavy atom. The van der Waals surface area contributed by atoms with Crippen LogP contribution in [0, 0.1) is 11.6 Å². The molecule has 0 spiro atoms. The highest BCUT2D eigenvalue weighted by molar-refractivity contribution is 5.95. The van der Waals surface area contributed by atoms with Crippen molar-refractivity contribution in [3.63, 3.8) is 0 Å². The summed E-state index contributed by atoms with van der Waals surface area (Å²) in [6.45, 7) is 2.32. The topological polar surface area (TPSA) is 58.6 Å². The Morgan fingerprint density at radius 3 is 2.00 bits per heavy atom. The lowest BCUT2D eigenvalue weighted by atomic mass is 9.77. The number of hydrogen-bond acceptors (Lipinski definition) is 3. The number of ether oxygens (including phenoxy) is 1. The normalized spacial score (nSPS) is 13.7. The molecular formula is C33H27F8NO3. The van der Waals surface area contributed by atoms with Crippen LogP contribution in [0.4, 0.5) is 35.1 Å². The van der Waals surface area contributed by atoms with Crippen LogP contribution in [-0.4, -0.2) is 23.2 Å². The predicted octanol–water partition coefficient (Wildman–Crippen LogP) is 8.07. The van der Waals surface area contributed by atoms with Gasteiger partial charge in [0.15, 0.2) is 11.6 Å². The smallest absolute Gasteiger partial charge is 0.416 e. The minimum Gasteiger partial charge on any atom is -0.482 e. The predicted molar refractivity (Wildman–Crippen MR) is 149 cm³/mol. The zero-order valence-corrected chi connectivity index (χ0v) is 23.9. The lowest BCUT2D eigenvalue weighted by molar-refractivity contribution is -0.138. The van der Waals surface area contributed by atoms with E-state index in [1.54, 1.807) is 30.3 Å². The second kappa shape index (κ2) is 12.5.